The van der Waals surface area contributed by atoms with Crippen LogP contribution in [-0.2, 0) is 14.8 Å². The Morgan fingerprint density at radius 2 is 2.04 bits per heavy atom. The van der Waals surface area contributed by atoms with E-state index in [0.29, 0.717) is 35.9 Å². The van der Waals surface area contributed by atoms with Crippen LogP contribution in [0.5, 0.6) is 5.75 Å². The predicted octanol–water partition coefficient (Wildman–Crippen LogP) is 2.49. The van der Waals surface area contributed by atoms with Crippen LogP contribution in [0.2, 0.25) is 0 Å². The number of fused-ring (bicyclic) bond motifs is 1. The number of amidine groups is 1. The molecule has 4 rings (SSSR count). The fourth-order valence-corrected chi connectivity index (χ4v) is 4.87. The first-order valence-electron chi connectivity index (χ1n) is 9.12. The maximum atomic E-state index is 12.8. The fourth-order valence-electron chi connectivity index (χ4n) is 3.65. The number of carbonyl (C=O) groups is 1. The molecule has 2 aromatic carbocycles. The highest BCUT2D eigenvalue weighted by molar-refractivity contribution is 7.90. The van der Waals surface area contributed by atoms with Crippen molar-refractivity contribution in [3.63, 3.8) is 0 Å². The van der Waals surface area contributed by atoms with Crippen molar-refractivity contribution in [2.45, 2.75) is 17.7 Å². The molecule has 2 aromatic rings. The molecule has 1 N–H and O–H groups in total. The first-order valence-corrected chi connectivity index (χ1v) is 10.6. The Hall–Kier alpha value is -2.87. The van der Waals surface area contributed by atoms with Gasteiger partial charge in [-0.2, -0.15) is 8.42 Å². The van der Waals surface area contributed by atoms with Gasteiger partial charge in [0.15, 0.2) is 5.84 Å². The molecule has 28 heavy (non-hydrogen) atoms. The van der Waals surface area contributed by atoms with Gasteiger partial charge >= 0.3 is 0 Å². The van der Waals surface area contributed by atoms with E-state index in [2.05, 4.69) is 9.71 Å². The van der Waals surface area contributed by atoms with Gasteiger partial charge in [-0.1, -0.05) is 18.2 Å². The van der Waals surface area contributed by atoms with Crippen LogP contribution < -0.4 is 10.1 Å². The van der Waals surface area contributed by atoms with Crippen LogP contribution in [-0.4, -0.2) is 45.3 Å². The third kappa shape index (κ3) is 3.47. The Balaban J connectivity index is 1.51. The first-order chi connectivity index (χ1) is 13.5. The zero-order chi connectivity index (χ0) is 19.7. The smallest absolute Gasteiger partial charge is 0.285 e. The molecule has 1 atom stereocenters. The topological polar surface area (TPSA) is 88.1 Å². The summed E-state index contributed by atoms with van der Waals surface area (Å²) in [6, 6.07) is 14.0. The maximum absolute atomic E-state index is 12.8. The van der Waals surface area contributed by atoms with Gasteiger partial charge in [0.05, 0.1) is 13.0 Å². The van der Waals surface area contributed by atoms with Gasteiger partial charge in [0.2, 0.25) is 5.91 Å². The van der Waals surface area contributed by atoms with E-state index in [4.69, 9.17) is 4.74 Å². The minimum absolute atomic E-state index is 0.0901. The molecule has 2 aliphatic heterocycles. The summed E-state index contributed by atoms with van der Waals surface area (Å²) in [6.45, 7) is 1.10. The van der Waals surface area contributed by atoms with Crippen molar-refractivity contribution < 1.29 is 17.9 Å². The Kier molecular flexibility index (Phi) is 4.80. The number of hydrogen-bond acceptors (Lipinski definition) is 5. The van der Waals surface area contributed by atoms with Crippen LogP contribution in [0.1, 0.15) is 18.4 Å². The van der Waals surface area contributed by atoms with Crippen LogP contribution in [0, 0.1) is 5.92 Å². The van der Waals surface area contributed by atoms with E-state index in [1.165, 1.54) is 0 Å². The molecule has 0 radical (unpaired) electrons. The van der Waals surface area contributed by atoms with Crippen molar-refractivity contribution in [2.24, 2.45) is 10.3 Å². The molecule has 0 spiro atoms. The van der Waals surface area contributed by atoms with Gasteiger partial charge in [-0.15, -0.1) is 4.40 Å². The summed E-state index contributed by atoms with van der Waals surface area (Å²) in [4.78, 5) is 14.9. The van der Waals surface area contributed by atoms with E-state index in [1.807, 2.05) is 23.1 Å². The lowest BCUT2D eigenvalue weighted by Gasteiger charge is -2.33. The number of nitrogens with one attached hydrogen (secondary N) is 1. The van der Waals surface area contributed by atoms with Crippen molar-refractivity contribution in [1.29, 1.82) is 0 Å². The van der Waals surface area contributed by atoms with Crippen molar-refractivity contribution in [3.05, 3.63) is 54.1 Å². The van der Waals surface area contributed by atoms with Crippen LogP contribution in [0.25, 0.3) is 0 Å². The third-order valence-corrected chi connectivity index (χ3v) is 6.37. The van der Waals surface area contributed by atoms with Gasteiger partial charge in [-0.05, 0) is 37.1 Å². The number of likely N-dealkylation sites (tertiary alicyclic amines) is 1. The quantitative estimate of drug-likeness (QED) is 0.857. The Labute approximate surface area is 164 Å². The van der Waals surface area contributed by atoms with E-state index < -0.39 is 10.0 Å². The molecule has 2 heterocycles. The highest BCUT2D eigenvalue weighted by Gasteiger charge is 2.35. The number of anilines is 1. The van der Waals surface area contributed by atoms with Gasteiger partial charge in [-0.3, -0.25) is 4.79 Å². The van der Waals surface area contributed by atoms with Gasteiger partial charge < -0.3 is 15.0 Å². The largest absolute Gasteiger partial charge is 0.497 e. The number of sulfonamides is 1. The normalized spacial score (nSPS) is 20.2. The molecule has 0 bridgehead atoms. The molecular weight excluding hydrogens is 378 g/mol. The molecule has 1 fully saturated rings. The number of rotatable bonds is 3. The van der Waals surface area contributed by atoms with Gasteiger partial charge in [0, 0.05) is 30.4 Å². The average Bonchev–Trinajstić information content (AvgIpc) is 2.99. The number of methoxy groups -OCH3 is 1. The number of nitrogens with zero attached hydrogens (tertiary/aromatic N) is 2. The molecule has 2 aliphatic rings. The van der Waals surface area contributed by atoms with Crippen LogP contribution in [0.4, 0.5) is 5.69 Å². The molecule has 0 aromatic heterocycles. The second-order valence-electron chi connectivity index (χ2n) is 6.89. The maximum Gasteiger partial charge on any atom is 0.285 e. The van der Waals surface area contributed by atoms with Crippen molar-refractivity contribution in [1.82, 2.24) is 4.90 Å². The van der Waals surface area contributed by atoms with Gasteiger partial charge in [-0.25, -0.2) is 0 Å². The summed E-state index contributed by atoms with van der Waals surface area (Å²) in [5.74, 6) is 0.769. The predicted molar refractivity (Wildman–Crippen MR) is 106 cm³/mol. The van der Waals surface area contributed by atoms with Crippen LogP contribution >= 0.6 is 0 Å². The van der Waals surface area contributed by atoms with E-state index in [0.717, 1.165) is 12.8 Å². The molecular formula is C20H21N3O4S. The molecule has 0 unspecified atom stereocenters. The van der Waals surface area contributed by atoms with Gasteiger partial charge in [0.1, 0.15) is 10.6 Å². The summed E-state index contributed by atoms with van der Waals surface area (Å²) in [5, 5.41) is 2.93. The van der Waals surface area contributed by atoms with Crippen LogP contribution in [0.15, 0.2) is 57.8 Å². The molecule has 7 nitrogen and oxygen atoms in total. The highest BCUT2D eigenvalue weighted by Crippen LogP contribution is 2.30. The second-order valence-corrected chi connectivity index (χ2v) is 8.47. The Morgan fingerprint density at radius 1 is 1.21 bits per heavy atom. The number of carbonyl (C=O) groups excluding carboxylic acids is 1. The molecule has 0 saturated carbocycles. The number of piperidine rings is 1. The Bertz CT molecular complexity index is 1050. The number of amides is 1. The summed E-state index contributed by atoms with van der Waals surface area (Å²) in [6.07, 6.45) is 1.53. The lowest BCUT2D eigenvalue weighted by Crippen LogP contribution is -2.43. The average molecular weight is 399 g/mol. The van der Waals surface area contributed by atoms with Crippen LogP contribution in [0.3, 0.4) is 0 Å². The minimum Gasteiger partial charge on any atom is -0.497 e. The van der Waals surface area contributed by atoms with Crippen molar-refractivity contribution in [3.8, 4) is 5.75 Å². The molecule has 0 aliphatic carbocycles. The summed E-state index contributed by atoms with van der Waals surface area (Å²) < 4.78 is 33.8. The third-order valence-electron chi connectivity index (χ3n) is 5.04. The lowest BCUT2D eigenvalue weighted by atomic mass is 9.96. The van der Waals surface area contributed by atoms with Gasteiger partial charge in [0.25, 0.3) is 10.0 Å². The summed E-state index contributed by atoms with van der Waals surface area (Å²) in [7, 11) is -2.09. The van der Waals surface area contributed by atoms with E-state index >= 15 is 0 Å². The van der Waals surface area contributed by atoms with E-state index in [1.54, 1.807) is 37.4 Å². The Morgan fingerprint density at radius 3 is 2.86 bits per heavy atom. The highest BCUT2D eigenvalue weighted by atomic mass is 32.2. The van der Waals surface area contributed by atoms with Crippen molar-refractivity contribution >= 4 is 27.5 Å². The zero-order valence-corrected chi connectivity index (χ0v) is 16.3. The monoisotopic (exact) mass is 399 g/mol. The lowest BCUT2D eigenvalue weighted by molar-refractivity contribution is -0.121. The molecule has 1 saturated heterocycles. The SMILES string of the molecule is COc1cccc(NC(=O)[C@@H]2CCCN(C3=NS(=O)(=O)c4ccccc43)C2)c1. The number of benzene rings is 2. The second kappa shape index (κ2) is 7.27. The molecule has 1 amide bonds. The minimum atomic E-state index is -3.67. The number of ether oxygens (including phenoxy) is 1. The number of hydrogen-bond donors (Lipinski definition) is 1. The zero-order valence-electron chi connectivity index (χ0n) is 15.5. The fraction of sp³-hybridized carbons (Fsp3) is 0.300. The summed E-state index contributed by atoms with van der Waals surface area (Å²) >= 11 is 0. The van der Waals surface area contributed by atoms with E-state index in [9.17, 15) is 13.2 Å². The summed E-state index contributed by atoms with van der Waals surface area (Å²) in [5.41, 5.74) is 1.28. The van der Waals surface area contributed by atoms with E-state index in [-0.39, 0.29) is 16.7 Å². The molecule has 8 heteroatoms. The molecule has 146 valence electrons. The first kappa shape index (κ1) is 18.5. The standard InChI is InChI=1S/C20H21N3O4S/c1-27-16-8-4-7-15(12-16)21-20(24)14-6-5-11-23(13-14)19-17-9-2-3-10-18(17)28(25,26)22-19/h2-4,7-10,12,14H,5-6,11,13H2,1H3,(H,21,24)/t14-/m1/s1. The van der Waals surface area contributed by atoms with Crippen molar-refractivity contribution in [2.75, 3.05) is 25.5 Å².